The van der Waals surface area contributed by atoms with E-state index in [1.54, 1.807) is 12.1 Å². The van der Waals surface area contributed by atoms with E-state index in [1.807, 2.05) is 0 Å². The molecule has 2 aliphatic heterocycles. The van der Waals surface area contributed by atoms with Gasteiger partial charge in [0.05, 0.1) is 12.7 Å². The highest BCUT2D eigenvalue weighted by atomic mass is 16.5. The Bertz CT molecular complexity index is 771. The zero-order valence-corrected chi connectivity index (χ0v) is 11.7. The zero-order chi connectivity index (χ0) is 15.5. The highest BCUT2D eigenvalue weighted by molar-refractivity contribution is 5.59. The van der Waals surface area contributed by atoms with Crippen LogP contribution >= 0.6 is 0 Å². The lowest BCUT2D eigenvalue weighted by molar-refractivity contribution is -0.0871. The van der Waals surface area contributed by atoms with Gasteiger partial charge in [0.25, 0.3) is 0 Å². The largest absolute Gasteiger partial charge is 0.508 e. The minimum absolute atomic E-state index is 0.0733. The van der Waals surface area contributed by atoms with Gasteiger partial charge in [0.2, 0.25) is 0 Å². The van der Waals surface area contributed by atoms with E-state index in [-0.39, 0.29) is 23.7 Å². The van der Waals surface area contributed by atoms with Crippen LogP contribution in [0.4, 0.5) is 0 Å². The molecule has 3 N–H and O–H groups in total. The van der Waals surface area contributed by atoms with Gasteiger partial charge >= 0.3 is 0 Å². The molecule has 6 nitrogen and oxygen atoms in total. The highest BCUT2D eigenvalue weighted by Crippen LogP contribution is 2.57. The SMILES string of the molecule is COc1cc(O)c2c(c1)OC1c3ccc(O)cc3OCC21O. The summed E-state index contributed by atoms with van der Waals surface area (Å²) >= 11 is 0. The van der Waals surface area contributed by atoms with Crippen molar-refractivity contribution in [1.29, 1.82) is 0 Å². The number of fused-ring (bicyclic) bond motifs is 5. The normalized spacial score (nSPS) is 24.5. The van der Waals surface area contributed by atoms with Crippen LogP contribution in [0.3, 0.4) is 0 Å². The molecule has 0 amide bonds. The van der Waals surface area contributed by atoms with Gasteiger partial charge in [-0.1, -0.05) is 0 Å². The maximum atomic E-state index is 11.0. The van der Waals surface area contributed by atoms with Gasteiger partial charge in [-0.3, -0.25) is 0 Å². The number of hydrogen-bond acceptors (Lipinski definition) is 6. The summed E-state index contributed by atoms with van der Waals surface area (Å²) in [5, 5.41) is 30.8. The number of phenols is 2. The van der Waals surface area contributed by atoms with Crippen molar-refractivity contribution in [3.63, 3.8) is 0 Å². The third kappa shape index (κ3) is 1.58. The lowest BCUT2D eigenvalue weighted by atomic mass is 9.84. The Kier molecular flexibility index (Phi) is 2.50. The van der Waals surface area contributed by atoms with Crippen molar-refractivity contribution >= 4 is 0 Å². The second-order valence-corrected chi connectivity index (χ2v) is 5.45. The molecule has 0 bridgehead atoms. The average molecular weight is 302 g/mol. The van der Waals surface area contributed by atoms with E-state index < -0.39 is 11.7 Å². The van der Waals surface area contributed by atoms with Crippen LogP contribution in [0.25, 0.3) is 0 Å². The van der Waals surface area contributed by atoms with E-state index in [2.05, 4.69) is 0 Å². The van der Waals surface area contributed by atoms with Crippen LogP contribution in [0, 0.1) is 0 Å². The highest BCUT2D eigenvalue weighted by Gasteiger charge is 2.54. The van der Waals surface area contributed by atoms with Gasteiger partial charge in [0.1, 0.15) is 35.4 Å². The Morgan fingerprint density at radius 1 is 1.18 bits per heavy atom. The first-order valence-corrected chi connectivity index (χ1v) is 6.79. The third-order valence-corrected chi connectivity index (χ3v) is 4.13. The molecule has 0 spiro atoms. The third-order valence-electron chi connectivity index (χ3n) is 4.13. The molecule has 0 fully saturated rings. The molecule has 4 rings (SSSR count). The Morgan fingerprint density at radius 2 is 2.00 bits per heavy atom. The molecule has 0 aromatic heterocycles. The molecule has 0 aliphatic carbocycles. The Morgan fingerprint density at radius 3 is 2.77 bits per heavy atom. The Balaban J connectivity index is 1.88. The van der Waals surface area contributed by atoms with Crippen molar-refractivity contribution in [1.82, 2.24) is 0 Å². The molecular formula is C16H14O6. The Hall–Kier alpha value is -2.60. The van der Waals surface area contributed by atoms with Crippen LogP contribution in [0.1, 0.15) is 17.2 Å². The molecule has 2 aromatic carbocycles. The second-order valence-electron chi connectivity index (χ2n) is 5.45. The number of aromatic hydroxyl groups is 2. The molecule has 2 aliphatic rings. The molecule has 22 heavy (non-hydrogen) atoms. The maximum absolute atomic E-state index is 11.0. The first-order chi connectivity index (χ1) is 10.5. The van der Waals surface area contributed by atoms with Crippen molar-refractivity contribution in [3.05, 3.63) is 41.5 Å². The topological polar surface area (TPSA) is 88.4 Å². The number of aliphatic hydroxyl groups is 1. The summed E-state index contributed by atoms with van der Waals surface area (Å²) in [6.07, 6.45) is -0.718. The van der Waals surface area contributed by atoms with Gasteiger partial charge in [-0.05, 0) is 12.1 Å². The quantitative estimate of drug-likeness (QED) is 0.744. The fourth-order valence-electron chi connectivity index (χ4n) is 3.10. The van der Waals surface area contributed by atoms with E-state index in [0.29, 0.717) is 22.8 Å². The van der Waals surface area contributed by atoms with Crippen molar-refractivity contribution in [2.45, 2.75) is 11.7 Å². The van der Waals surface area contributed by atoms with Crippen LogP contribution in [0.2, 0.25) is 0 Å². The van der Waals surface area contributed by atoms with Crippen LogP contribution < -0.4 is 14.2 Å². The minimum atomic E-state index is -1.49. The predicted octanol–water partition coefficient (Wildman–Crippen LogP) is 1.82. The van der Waals surface area contributed by atoms with Gasteiger partial charge in [-0.2, -0.15) is 0 Å². The van der Waals surface area contributed by atoms with E-state index in [0.717, 1.165) is 0 Å². The van der Waals surface area contributed by atoms with Crippen LogP contribution in [0.5, 0.6) is 28.7 Å². The lowest BCUT2D eigenvalue weighted by Gasteiger charge is -2.34. The number of benzene rings is 2. The molecular weight excluding hydrogens is 288 g/mol. The molecule has 114 valence electrons. The molecule has 2 unspecified atom stereocenters. The zero-order valence-electron chi connectivity index (χ0n) is 11.7. The van der Waals surface area contributed by atoms with E-state index in [1.165, 1.54) is 25.3 Å². The fourth-order valence-corrected chi connectivity index (χ4v) is 3.10. The predicted molar refractivity (Wildman–Crippen MR) is 75.5 cm³/mol. The monoisotopic (exact) mass is 302 g/mol. The first kappa shape index (κ1) is 13.1. The van der Waals surface area contributed by atoms with Gasteiger partial charge in [0, 0.05) is 23.8 Å². The van der Waals surface area contributed by atoms with E-state index in [9.17, 15) is 15.3 Å². The molecule has 2 heterocycles. The second kappa shape index (κ2) is 4.20. The summed E-state index contributed by atoms with van der Waals surface area (Å²) in [5.41, 5.74) is -0.589. The molecule has 6 heteroatoms. The van der Waals surface area contributed by atoms with Crippen molar-refractivity contribution in [3.8, 4) is 28.7 Å². The number of methoxy groups -OCH3 is 1. The summed E-state index contributed by atoms with van der Waals surface area (Å²) in [6, 6.07) is 7.66. The molecule has 2 aromatic rings. The number of hydrogen-bond donors (Lipinski definition) is 3. The fraction of sp³-hybridized carbons (Fsp3) is 0.250. The van der Waals surface area contributed by atoms with Gasteiger partial charge in [-0.25, -0.2) is 0 Å². The van der Waals surface area contributed by atoms with Gasteiger partial charge < -0.3 is 29.5 Å². The van der Waals surface area contributed by atoms with E-state index >= 15 is 0 Å². The van der Waals surface area contributed by atoms with Crippen LogP contribution in [-0.2, 0) is 5.60 Å². The summed E-state index contributed by atoms with van der Waals surface area (Å²) in [4.78, 5) is 0. The van der Waals surface area contributed by atoms with Gasteiger partial charge in [0.15, 0.2) is 11.7 Å². The number of rotatable bonds is 1. The standard InChI is InChI=1S/C16H14O6/c1-20-9-5-11(18)14-13(6-9)22-15-10-3-2-8(17)4-12(10)21-7-16(14,15)19/h2-6,15,17-19H,7H2,1H3. The van der Waals surface area contributed by atoms with Crippen LogP contribution in [0.15, 0.2) is 30.3 Å². The summed E-state index contributed by atoms with van der Waals surface area (Å²) in [5.74, 6) is 1.21. The molecule has 0 radical (unpaired) electrons. The molecule has 0 saturated heterocycles. The van der Waals surface area contributed by atoms with Gasteiger partial charge in [-0.15, -0.1) is 0 Å². The minimum Gasteiger partial charge on any atom is -0.508 e. The number of ether oxygens (including phenoxy) is 3. The van der Waals surface area contributed by atoms with Crippen molar-refractivity contribution in [2.24, 2.45) is 0 Å². The number of phenolic OH excluding ortho intramolecular Hbond substituents is 2. The summed E-state index contributed by atoms with van der Waals surface area (Å²) in [7, 11) is 1.49. The van der Waals surface area contributed by atoms with E-state index in [4.69, 9.17) is 14.2 Å². The summed E-state index contributed by atoms with van der Waals surface area (Å²) in [6.45, 7) is -0.0823. The maximum Gasteiger partial charge on any atom is 0.172 e. The Labute approximate surface area is 126 Å². The van der Waals surface area contributed by atoms with Crippen LogP contribution in [-0.4, -0.2) is 29.0 Å². The average Bonchev–Trinajstić information content (AvgIpc) is 2.80. The van der Waals surface area contributed by atoms with Crippen molar-refractivity contribution in [2.75, 3.05) is 13.7 Å². The summed E-state index contributed by atoms with van der Waals surface area (Å²) < 4.78 is 16.5. The van der Waals surface area contributed by atoms with Crippen molar-refractivity contribution < 1.29 is 29.5 Å². The smallest absolute Gasteiger partial charge is 0.172 e. The molecule has 2 atom stereocenters. The lowest BCUT2D eigenvalue weighted by Crippen LogP contribution is -2.41. The first-order valence-electron chi connectivity index (χ1n) is 6.79. The molecule has 0 saturated carbocycles.